The molecule has 1 aromatic carbocycles. The summed E-state index contributed by atoms with van der Waals surface area (Å²) in [7, 11) is 0. The van der Waals surface area contributed by atoms with Crippen molar-refractivity contribution in [1.29, 1.82) is 0 Å². The van der Waals surface area contributed by atoms with Crippen molar-refractivity contribution in [2.45, 2.75) is 31.4 Å². The van der Waals surface area contributed by atoms with E-state index in [-0.39, 0.29) is 12.8 Å². The predicted octanol–water partition coefficient (Wildman–Crippen LogP) is -0.175. The molecule has 1 aliphatic heterocycles. The van der Waals surface area contributed by atoms with Crippen LogP contribution in [0.2, 0.25) is 0 Å². The van der Waals surface area contributed by atoms with Crippen LogP contribution in [-0.2, 0) is 20.8 Å². The molecule has 0 radical (unpaired) electrons. The molecule has 2 amide bonds. The number of carbonyl (C=O) groups excluding carboxylic acids is 2. The Kier molecular flexibility index (Phi) is 4.42. The number of carbonyl (C=O) groups is 3. The lowest BCUT2D eigenvalue weighted by molar-refractivity contribution is -0.143. The Morgan fingerprint density at radius 3 is 2.71 bits per heavy atom. The number of nitrogens with two attached hydrogens (primary N) is 1. The van der Waals surface area contributed by atoms with Gasteiger partial charge < -0.3 is 20.9 Å². The highest BCUT2D eigenvalue weighted by Gasteiger charge is 2.31. The smallest absolute Gasteiger partial charge is 0.326 e. The minimum atomic E-state index is -1.21. The second-order valence-electron chi connectivity index (χ2n) is 4.82. The zero-order chi connectivity index (χ0) is 15.4. The summed E-state index contributed by atoms with van der Waals surface area (Å²) in [6.45, 7) is 0. The maximum absolute atomic E-state index is 12.1. The van der Waals surface area contributed by atoms with Crippen molar-refractivity contribution in [2.24, 2.45) is 5.73 Å². The van der Waals surface area contributed by atoms with E-state index in [1.165, 1.54) is 0 Å². The van der Waals surface area contributed by atoms with Gasteiger partial charge in [0, 0.05) is 12.8 Å². The van der Waals surface area contributed by atoms with E-state index in [0.717, 1.165) is 5.56 Å². The Labute approximate surface area is 121 Å². The van der Waals surface area contributed by atoms with Gasteiger partial charge >= 0.3 is 5.97 Å². The number of fused-ring (bicyclic) bond motifs is 1. The topological polar surface area (TPSA) is 119 Å². The minimum Gasteiger partial charge on any atom is -0.480 e. The van der Waals surface area contributed by atoms with E-state index < -0.39 is 29.9 Å². The summed E-state index contributed by atoms with van der Waals surface area (Å²) >= 11 is 0. The van der Waals surface area contributed by atoms with Crippen LogP contribution in [0, 0.1) is 0 Å². The molecule has 2 atom stereocenters. The van der Waals surface area contributed by atoms with Crippen LogP contribution in [0.4, 0.5) is 0 Å². The van der Waals surface area contributed by atoms with Gasteiger partial charge in [0.25, 0.3) is 5.91 Å². The molecule has 0 aromatic heterocycles. The zero-order valence-electron chi connectivity index (χ0n) is 11.2. The van der Waals surface area contributed by atoms with Gasteiger partial charge in [-0.05, 0) is 18.1 Å². The third-order valence-corrected chi connectivity index (χ3v) is 3.23. The molecule has 7 nitrogen and oxygen atoms in total. The van der Waals surface area contributed by atoms with E-state index in [4.69, 9.17) is 15.6 Å². The lowest BCUT2D eigenvalue weighted by Crippen LogP contribution is -2.47. The van der Waals surface area contributed by atoms with Crippen LogP contribution >= 0.6 is 0 Å². The summed E-state index contributed by atoms with van der Waals surface area (Å²) in [6, 6.07) is 6.09. The Bertz CT molecular complexity index is 547. The second-order valence-corrected chi connectivity index (χ2v) is 4.82. The first-order valence-electron chi connectivity index (χ1n) is 6.53. The van der Waals surface area contributed by atoms with Crippen molar-refractivity contribution in [1.82, 2.24) is 5.32 Å². The molecule has 4 N–H and O–H groups in total. The van der Waals surface area contributed by atoms with Crippen molar-refractivity contribution in [3.63, 3.8) is 0 Å². The molecule has 0 fully saturated rings. The van der Waals surface area contributed by atoms with Gasteiger partial charge in [-0.25, -0.2) is 4.79 Å². The summed E-state index contributed by atoms with van der Waals surface area (Å²) in [5.41, 5.74) is 5.89. The standard InChI is InChI=1S/C14H16N2O5/c15-12(17)6-5-9(14(19)20)16-13(18)11-7-8-3-1-2-4-10(8)21-11/h1-4,9,11H,5-7H2,(H2,15,17)(H,16,18)(H,19,20). The number of amides is 2. The normalized spacial score (nSPS) is 17.4. The van der Waals surface area contributed by atoms with Gasteiger partial charge in [-0.1, -0.05) is 18.2 Å². The molecule has 2 rings (SSSR count). The van der Waals surface area contributed by atoms with E-state index >= 15 is 0 Å². The number of benzene rings is 1. The van der Waals surface area contributed by atoms with Crippen molar-refractivity contribution < 1.29 is 24.2 Å². The average molecular weight is 292 g/mol. The van der Waals surface area contributed by atoms with Crippen LogP contribution in [0.25, 0.3) is 0 Å². The fraction of sp³-hybridized carbons (Fsp3) is 0.357. The number of ether oxygens (including phenoxy) is 1. The lowest BCUT2D eigenvalue weighted by atomic mass is 10.1. The largest absolute Gasteiger partial charge is 0.480 e. The average Bonchev–Trinajstić information content (AvgIpc) is 2.86. The number of primary amides is 1. The van der Waals surface area contributed by atoms with Gasteiger partial charge in [-0.15, -0.1) is 0 Å². The second kappa shape index (κ2) is 6.25. The van der Waals surface area contributed by atoms with E-state index in [1.54, 1.807) is 12.1 Å². The summed E-state index contributed by atoms with van der Waals surface area (Å²) in [4.78, 5) is 33.8. The van der Waals surface area contributed by atoms with Crippen LogP contribution in [0.1, 0.15) is 18.4 Å². The van der Waals surface area contributed by atoms with E-state index in [1.807, 2.05) is 12.1 Å². The Balaban J connectivity index is 1.94. The third-order valence-electron chi connectivity index (χ3n) is 3.23. The zero-order valence-corrected chi connectivity index (χ0v) is 11.2. The molecule has 0 saturated heterocycles. The first-order chi connectivity index (χ1) is 9.97. The van der Waals surface area contributed by atoms with Crippen LogP contribution < -0.4 is 15.8 Å². The Hall–Kier alpha value is -2.57. The first kappa shape index (κ1) is 14.8. The molecular formula is C14H16N2O5. The van der Waals surface area contributed by atoms with Gasteiger partial charge in [0.2, 0.25) is 5.91 Å². The van der Waals surface area contributed by atoms with Gasteiger partial charge in [0.05, 0.1) is 0 Å². The number of hydrogen-bond acceptors (Lipinski definition) is 4. The molecule has 7 heteroatoms. The highest BCUT2D eigenvalue weighted by Crippen LogP contribution is 2.28. The molecule has 1 heterocycles. The molecule has 21 heavy (non-hydrogen) atoms. The first-order valence-corrected chi connectivity index (χ1v) is 6.53. The molecule has 0 bridgehead atoms. The number of aliphatic carboxylic acids is 1. The lowest BCUT2D eigenvalue weighted by Gasteiger charge is -2.16. The van der Waals surface area contributed by atoms with Gasteiger partial charge in [0.15, 0.2) is 6.10 Å². The molecule has 112 valence electrons. The number of carboxylic acids is 1. The summed E-state index contributed by atoms with van der Waals surface area (Å²) in [5.74, 6) is -1.70. The van der Waals surface area contributed by atoms with Crippen molar-refractivity contribution in [3.05, 3.63) is 29.8 Å². The highest BCUT2D eigenvalue weighted by atomic mass is 16.5. The highest BCUT2D eigenvalue weighted by molar-refractivity contribution is 5.87. The molecule has 2 unspecified atom stereocenters. The van der Waals surface area contributed by atoms with E-state index in [9.17, 15) is 14.4 Å². The fourth-order valence-electron chi connectivity index (χ4n) is 2.14. The molecule has 0 saturated carbocycles. The van der Waals surface area contributed by atoms with Crippen LogP contribution in [0.15, 0.2) is 24.3 Å². The summed E-state index contributed by atoms with van der Waals surface area (Å²) in [6.07, 6.45) is -0.513. The maximum Gasteiger partial charge on any atom is 0.326 e. The number of para-hydroxylation sites is 1. The van der Waals surface area contributed by atoms with Crippen molar-refractivity contribution in [3.8, 4) is 5.75 Å². The maximum atomic E-state index is 12.1. The van der Waals surface area contributed by atoms with Gasteiger partial charge in [-0.3, -0.25) is 9.59 Å². The van der Waals surface area contributed by atoms with Crippen LogP contribution in [-0.4, -0.2) is 35.0 Å². The van der Waals surface area contributed by atoms with Crippen LogP contribution in [0.3, 0.4) is 0 Å². The number of hydrogen-bond donors (Lipinski definition) is 3. The summed E-state index contributed by atoms with van der Waals surface area (Å²) < 4.78 is 5.48. The molecular weight excluding hydrogens is 276 g/mol. The van der Waals surface area contributed by atoms with Crippen molar-refractivity contribution >= 4 is 17.8 Å². The Morgan fingerprint density at radius 2 is 2.10 bits per heavy atom. The minimum absolute atomic E-state index is 0.0456. The quantitative estimate of drug-likeness (QED) is 0.672. The SMILES string of the molecule is NC(=O)CCC(NC(=O)C1Cc2ccccc2O1)C(=O)O. The van der Waals surface area contributed by atoms with E-state index in [2.05, 4.69) is 5.32 Å². The molecule has 0 spiro atoms. The monoisotopic (exact) mass is 292 g/mol. The number of rotatable bonds is 6. The predicted molar refractivity (Wildman–Crippen MR) is 72.6 cm³/mol. The van der Waals surface area contributed by atoms with Crippen LogP contribution in [0.5, 0.6) is 5.75 Å². The molecule has 0 aliphatic carbocycles. The third kappa shape index (κ3) is 3.71. The van der Waals surface area contributed by atoms with E-state index in [0.29, 0.717) is 12.2 Å². The van der Waals surface area contributed by atoms with Gasteiger partial charge in [0.1, 0.15) is 11.8 Å². The summed E-state index contributed by atoms with van der Waals surface area (Å²) in [5, 5.41) is 11.4. The van der Waals surface area contributed by atoms with Crippen molar-refractivity contribution in [2.75, 3.05) is 0 Å². The Morgan fingerprint density at radius 1 is 1.38 bits per heavy atom. The van der Waals surface area contributed by atoms with Gasteiger partial charge in [-0.2, -0.15) is 0 Å². The molecule has 1 aliphatic rings. The number of carboxylic acid groups (broad SMARTS) is 1. The molecule has 1 aromatic rings. The number of nitrogens with one attached hydrogen (secondary N) is 1. The fourth-order valence-corrected chi connectivity index (χ4v) is 2.14.